The lowest BCUT2D eigenvalue weighted by Gasteiger charge is -2.09. The highest BCUT2D eigenvalue weighted by Crippen LogP contribution is 2.20. The van der Waals surface area contributed by atoms with E-state index in [1.807, 2.05) is 0 Å². The van der Waals surface area contributed by atoms with Crippen molar-refractivity contribution in [1.82, 2.24) is 0 Å². The molecule has 2 aromatic rings. The Bertz CT molecular complexity index is 734. The molecular formula is C18H16O8. The topological polar surface area (TPSA) is 89.5 Å². The number of carbonyl (C=O) groups is 2. The zero-order valence-electron chi connectivity index (χ0n) is 14.1. The summed E-state index contributed by atoms with van der Waals surface area (Å²) in [5.74, 6) is -1.64. The minimum Gasteiger partial charge on any atom is -0.496 e. The molecule has 26 heavy (non-hydrogen) atoms. The van der Waals surface area contributed by atoms with E-state index in [9.17, 15) is 9.59 Å². The summed E-state index contributed by atoms with van der Waals surface area (Å²) >= 11 is 0. The minimum atomic E-state index is -0.844. The Morgan fingerprint density at radius 3 is 1.46 bits per heavy atom. The first kappa shape index (κ1) is 18.7. The van der Waals surface area contributed by atoms with Gasteiger partial charge in [0.2, 0.25) is 0 Å². The molecule has 0 aliphatic heterocycles. The first-order chi connectivity index (χ1) is 12.6. The lowest BCUT2D eigenvalue weighted by atomic mass is 10.2. The van der Waals surface area contributed by atoms with Crippen molar-refractivity contribution in [2.45, 2.75) is 0 Å². The van der Waals surface area contributed by atoms with Crippen molar-refractivity contribution in [2.75, 3.05) is 14.2 Å². The predicted octanol–water partition coefficient (Wildman–Crippen LogP) is 3.05. The number of carbonyl (C=O) groups excluding carboxylic acids is 2. The molecule has 0 heterocycles. The molecule has 0 unspecified atom stereocenters. The van der Waals surface area contributed by atoms with Crippen LogP contribution < -0.4 is 9.47 Å². The van der Waals surface area contributed by atoms with E-state index in [1.165, 1.54) is 26.4 Å². The first-order valence-electron chi connectivity index (χ1n) is 7.29. The van der Waals surface area contributed by atoms with E-state index >= 15 is 0 Å². The van der Waals surface area contributed by atoms with Crippen LogP contribution in [0.5, 0.6) is 11.5 Å². The SMILES string of the molecule is C=C(OOC(=O)c1ccccc1OC)OOC(=O)c1ccccc1OC. The number of hydrogen-bond acceptors (Lipinski definition) is 8. The summed E-state index contributed by atoms with van der Waals surface area (Å²) in [5.41, 5.74) is 0.266. The number of hydrogen-bond donors (Lipinski definition) is 0. The van der Waals surface area contributed by atoms with Gasteiger partial charge in [-0.2, -0.15) is 0 Å². The molecule has 0 aromatic heterocycles. The predicted molar refractivity (Wildman–Crippen MR) is 88.1 cm³/mol. The van der Waals surface area contributed by atoms with Crippen molar-refractivity contribution >= 4 is 11.9 Å². The number of rotatable bonds is 8. The number of para-hydroxylation sites is 2. The molecule has 8 nitrogen and oxygen atoms in total. The molecule has 0 saturated carbocycles. The Labute approximate surface area is 149 Å². The number of methoxy groups -OCH3 is 2. The molecule has 0 N–H and O–H groups in total. The largest absolute Gasteiger partial charge is 0.496 e. The van der Waals surface area contributed by atoms with Gasteiger partial charge in [-0.15, -0.1) is 0 Å². The van der Waals surface area contributed by atoms with Crippen molar-refractivity contribution in [3.63, 3.8) is 0 Å². The molecule has 0 atom stereocenters. The molecule has 0 amide bonds. The van der Waals surface area contributed by atoms with Gasteiger partial charge in [-0.05, 0) is 30.8 Å². The monoisotopic (exact) mass is 360 g/mol. The maximum Gasteiger partial charge on any atom is 0.390 e. The summed E-state index contributed by atoms with van der Waals surface area (Å²) in [6.45, 7) is 3.31. The third kappa shape index (κ3) is 4.67. The van der Waals surface area contributed by atoms with Gasteiger partial charge in [-0.1, -0.05) is 24.3 Å². The van der Waals surface area contributed by atoms with E-state index in [1.54, 1.807) is 36.4 Å². The highest BCUT2D eigenvalue weighted by Gasteiger charge is 2.18. The molecule has 2 rings (SSSR count). The number of ether oxygens (including phenoxy) is 2. The highest BCUT2D eigenvalue weighted by atomic mass is 17.3. The molecule has 0 fully saturated rings. The van der Waals surface area contributed by atoms with Crippen LogP contribution in [0.25, 0.3) is 0 Å². The van der Waals surface area contributed by atoms with Crippen LogP contribution >= 0.6 is 0 Å². The maximum atomic E-state index is 11.9. The van der Waals surface area contributed by atoms with Crippen molar-refractivity contribution in [1.29, 1.82) is 0 Å². The summed E-state index contributed by atoms with van der Waals surface area (Å²) < 4.78 is 10.1. The zero-order chi connectivity index (χ0) is 18.9. The molecule has 0 radical (unpaired) electrons. The van der Waals surface area contributed by atoms with Crippen molar-refractivity contribution < 1.29 is 38.6 Å². The second-order valence-electron chi connectivity index (χ2n) is 4.68. The van der Waals surface area contributed by atoms with Crippen molar-refractivity contribution in [3.05, 3.63) is 72.2 Å². The molecule has 8 heteroatoms. The van der Waals surface area contributed by atoms with Crippen LogP contribution in [-0.2, 0) is 19.6 Å². The smallest absolute Gasteiger partial charge is 0.390 e. The van der Waals surface area contributed by atoms with E-state index in [2.05, 4.69) is 26.1 Å². The van der Waals surface area contributed by atoms with Crippen LogP contribution in [0.4, 0.5) is 0 Å². The van der Waals surface area contributed by atoms with E-state index in [0.29, 0.717) is 11.5 Å². The van der Waals surface area contributed by atoms with Crippen LogP contribution in [-0.4, -0.2) is 26.2 Å². The zero-order valence-corrected chi connectivity index (χ0v) is 14.1. The van der Waals surface area contributed by atoms with E-state index in [4.69, 9.17) is 9.47 Å². The molecule has 136 valence electrons. The average Bonchev–Trinajstić information content (AvgIpc) is 2.69. The van der Waals surface area contributed by atoms with Gasteiger partial charge in [0.25, 0.3) is 0 Å². The molecule has 0 saturated heterocycles. The molecule has 0 spiro atoms. The molecule has 0 aliphatic rings. The van der Waals surface area contributed by atoms with Gasteiger partial charge in [0, 0.05) is 0 Å². The lowest BCUT2D eigenvalue weighted by Crippen LogP contribution is -2.11. The van der Waals surface area contributed by atoms with Gasteiger partial charge in [0.15, 0.2) is 0 Å². The molecule has 0 bridgehead atoms. The summed E-state index contributed by atoms with van der Waals surface area (Å²) in [6.07, 6.45) is 0. The average molecular weight is 360 g/mol. The first-order valence-corrected chi connectivity index (χ1v) is 7.29. The van der Waals surface area contributed by atoms with Crippen LogP contribution in [0.15, 0.2) is 61.1 Å². The third-order valence-electron chi connectivity index (χ3n) is 3.07. The standard InChI is InChI=1S/C18H16O8/c1-12(23-25-17(19)13-8-4-6-10-15(13)21-2)24-26-18(20)14-9-5-7-11-16(14)22-3/h4-11H,1H2,2-3H3. The quantitative estimate of drug-likeness (QED) is 0.403. The fourth-order valence-electron chi connectivity index (χ4n) is 1.90. The number of benzene rings is 2. The maximum absolute atomic E-state index is 11.9. The van der Waals surface area contributed by atoms with Crippen LogP contribution in [0.2, 0.25) is 0 Å². The molecule has 0 aliphatic carbocycles. The Hall–Kier alpha value is -3.68. The third-order valence-corrected chi connectivity index (χ3v) is 3.07. The van der Waals surface area contributed by atoms with Gasteiger partial charge < -0.3 is 9.47 Å². The second-order valence-corrected chi connectivity index (χ2v) is 4.68. The normalized spacial score (nSPS) is 9.62. The fourth-order valence-corrected chi connectivity index (χ4v) is 1.90. The van der Waals surface area contributed by atoms with Crippen LogP contribution in [0.1, 0.15) is 20.7 Å². The summed E-state index contributed by atoms with van der Waals surface area (Å²) in [7, 11) is 2.82. The van der Waals surface area contributed by atoms with Crippen molar-refractivity contribution in [3.8, 4) is 11.5 Å². The highest BCUT2D eigenvalue weighted by molar-refractivity contribution is 5.92. The molecule has 2 aromatic carbocycles. The van der Waals surface area contributed by atoms with Gasteiger partial charge in [-0.25, -0.2) is 29.1 Å². The Balaban J connectivity index is 1.85. The van der Waals surface area contributed by atoms with E-state index < -0.39 is 17.9 Å². The van der Waals surface area contributed by atoms with E-state index in [-0.39, 0.29) is 11.1 Å². The summed E-state index contributed by atoms with van der Waals surface area (Å²) in [6, 6.07) is 12.8. The van der Waals surface area contributed by atoms with Gasteiger partial charge in [0.05, 0.1) is 14.2 Å². The van der Waals surface area contributed by atoms with Gasteiger partial charge in [-0.3, -0.25) is 0 Å². The van der Waals surface area contributed by atoms with Gasteiger partial charge in [0.1, 0.15) is 22.6 Å². The second kappa shape index (κ2) is 8.97. The summed E-state index contributed by atoms with van der Waals surface area (Å²) in [4.78, 5) is 42.1. The lowest BCUT2D eigenvalue weighted by molar-refractivity contribution is -0.317. The molecular weight excluding hydrogens is 344 g/mol. The van der Waals surface area contributed by atoms with Gasteiger partial charge >= 0.3 is 17.9 Å². The Morgan fingerprint density at radius 1 is 0.692 bits per heavy atom. The summed E-state index contributed by atoms with van der Waals surface area (Å²) in [5, 5.41) is 0. The van der Waals surface area contributed by atoms with Crippen LogP contribution in [0.3, 0.4) is 0 Å². The minimum absolute atomic E-state index is 0.133. The van der Waals surface area contributed by atoms with Crippen LogP contribution in [0, 0.1) is 0 Å². The van der Waals surface area contributed by atoms with Crippen molar-refractivity contribution in [2.24, 2.45) is 0 Å². The Morgan fingerprint density at radius 2 is 1.08 bits per heavy atom. The Kier molecular flexibility index (Phi) is 6.44. The van der Waals surface area contributed by atoms with E-state index in [0.717, 1.165) is 0 Å². The fraction of sp³-hybridized carbons (Fsp3) is 0.111.